The molecule has 0 bridgehead atoms. The average molecular weight is 182 g/mol. The topological polar surface area (TPSA) is 77.3 Å². The molecule has 0 spiro atoms. The molecular formula is C6H6N4OS. The zero-order chi connectivity index (χ0) is 8.72. The molecule has 0 aliphatic carbocycles. The first-order chi connectivity index (χ1) is 5.66. The minimum atomic E-state index is -0.204. The van der Waals surface area contributed by atoms with Gasteiger partial charge in [-0.3, -0.25) is 4.79 Å². The van der Waals surface area contributed by atoms with Gasteiger partial charge in [0, 0.05) is 0 Å². The van der Waals surface area contributed by atoms with E-state index in [1.54, 1.807) is 6.92 Å². The molecule has 0 saturated carbocycles. The van der Waals surface area contributed by atoms with Gasteiger partial charge in [-0.1, -0.05) is 0 Å². The van der Waals surface area contributed by atoms with Crippen molar-refractivity contribution in [3.63, 3.8) is 0 Å². The number of imidazole rings is 1. The number of aromatic amines is 3. The highest BCUT2D eigenvalue weighted by molar-refractivity contribution is 7.71. The molecule has 2 rings (SSSR count). The third-order valence-corrected chi connectivity index (χ3v) is 1.71. The van der Waals surface area contributed by atoms with Crippen molar-refractivity contribution in [3.05, 3.63) is 20.9 Å². The van der Waals surface area contributed by atoms with Gasteiger partial charge < -0.3 is 15.0 Å². The number of H-pyrrole nitrogens is 3. The van der Waals surface area contributed by atoms with E-state index in [4.69, 9.17) is 12.2 Å². The minimum Gasteiger partial charge on any atom is -0.325 e. The summed E-state index contributed by atoms with van der Waals surface area (Å²) in [5, 5.41) is 0. The van der Waals surface area contributed by atoms with Gasteiger partial charge in [-0.2, -0.15) is 0 Å². The molecule has 0 aromatic carbocycles. The lowest BCUT2D eigenvalue weighted by molar-refractivity contribution is 1.05. The van der Waals surface area contributed by atoms with Crippen LogP contribution >= 0.6 is 12.2 Å². The predicted molar refractivity (Wildman–Crippen MR) is 46.6 cm³/mol. The molecule has 2 heterocycles. The van der Waals surface area contributed by atoms with Crippen LogP contribution in [0.4, 0.5) is 0 Å². The Bertz CT molecular complexity index is 534. The molecule has 2 aromatic rings. The van der Waals surface area contributed by atoms with Gasteiger partial charge in [-0.05, 0) is 19.1 Å². The fraction of sp³-hybridized carbons (Fsp3) is 0.167. The maximum atomic E-state index is 11.2. The lowest BCUT2D eigenvalue weighted by Crippen LogP contribution is -2.09. The summed E-state index contributed by atoms with van der Waals surface area (Å²) < 4.78 is 0.411. The maximum Gasteiger partial charge on any atom is 0.276 e. The van der Waals surface area contributed by atoms with Gasteiger partial charge in [-0.15, -0.1) is 0 Å². The van der Waals surface area contributed by atoms with Gasteiger partial charge >= 0.3 is 0 Å². The molecule has 0 aliphatic heterocycles. The smallest absolute Gasteiger partial charge is 0.276 e. The Morgan fingerprint density at radius 1 is 1.33 bits per heavy atom. The zero-order valence-corrected chi connectivity index (χ0v) is 7.08. The van der Waals surface area contributed by atoms with E-state index in [0.717, 1.165) is 0 Å². The summed E-state index contributed by atoms with van der Waals surface area (Å²) in [7, 11) is 0. The van der Waals surface area contributed by atoms with Crippen molar-refractivity contribution in [1.29, 1.82) is 0 Å². The first-order valence-electron chi connectivity index (χ1n) is 3.36. The van der Waals surface area contributed by atoms with Crippen LogP contribution in [0.3, 0.4) is 0 Å². The van der Waals surface area contributed by atoms with Crippen LogP contribution in [-0.4, -0.2) is 19.9 Å². The molecule has 62 valence electrons. The Hall–Kier alpha value is -1.43. The van der Waals surface area contributed by atoms with Gasteiger partial charge in [0.25, 0.3) is 5.56 Å². The molecule has 0 saturated heterocycles. The van der Waals surface area contributed by atoms with Crippen LogP contribution in [0.1, 0.15) is 5.82 Å². The number of nitrogens with zero attached hydrogens (tertiary/aromatic N) is 1. The fourth-order valence-electron chi connectivity index (χ4n) is 1.04. The highest BCUT2D eigenvalue weighted by atomic mass is 32.1. The molecule has 12 heavy (non-hydrogen) atoms. The second kappa shape index (κ2) is 2.28. The van der Waals surface area contributed by atoms with E-state index in [1.807, 2.05) is 0 Å². The third kappa shape index (κ3) is 0.964. The summed E-state index contributed by atoms with van der Waals surface area (Å²) in [5.74, 6) is 0.567. The van der Waals surface area contributed by atoms with Crippen molar-refractivity contribution in [2.45, 2.75) is 6.92 Å². The number of hydrogen-bond donors (Lipinski definition) is 3. The van der Waals surface area contributed by atoms with Crippen molar-refractivity contribution in [3.8, 4) is 0 Å². The van der Waals surface area contributed by atoms with Crippen LogP contribution in [0, 0.1) is 11.7 Å². The molecule has 0 fully saturated rings. The Morgan fingerprint density at radius 2 is 2.08 bits per heavy atom. The van der Waals surface area contributed by atoms with Crippen molar-refractivity contribution < 1.29 is 0 Å². The van der Waals surface area contributed by atoms with Gasteiger partial charge in [0.2, 0.25) is 0 Å². The minimum absolute atomic E-state index is 0.204. The van der Waals surface area contributed by atoms with Crippen molar-refractivity contribution >= 4 is 23.4 Å². The fourth-order valence-corrected chi connectivity index (χ4v) is 1.24. The molecule has 0 atom stereocenters. The van der Waals surface area contributed by atoms with E-state index in [-0.39, 0.29) is 5.56 Å². The monoisotopic (exact) mass is 182 g/mol. The Balaban J connectivity index is 3.08. The summed E-state index contributed by atoms with van der Waals surface area (Å²) in [6, 6.07) is 0. The van der Waals surface area contributed by atoms with Crippen LogP contribution in [-0.2, 0) is 0 Å². The van der Waals surface area contributed by atoms with Gasteiger partial charge in [0.1, 0.15) is 11.3 Å². The van der Waals surface area contributed by atoms with Crippen LogP contribution in [0.25, 0.3) is 11.2 Å². The standard InChI is InChI=1S/C6H6N4OS/c1-2-7-4-3(5(11)8-2)9-6(12)10-4/h1H3,(H3,7,8,9,10,11,12). The van der Waals surface area contributed by atoms with Crippen molar-refractivity contribution in [2.75, 3.05) is 0 Å². The quantitative estimate of drug-likeness (QED) is 0.522. The van der Waals surface area contributed by atoms with E-state index in [9.17, 15) is 4.79 Å². The Morgan fingerprint density at radius 3 is 2.83 bits per heavy atom. The summed E-state index contributed by atoms with van der Waals surface area (Å²) in [6.07, 6.45) is 0. The van der Waals surface area contributed by atoms with E-state index in [0.29, 0.717) is 21.8 Å². The molecule has 2 aromatic heterocycles. The molecule has 0 radical (unpaired) electrons. The zero-order valence-electron chi connectivity index (χ0n) is 6.26. The van der Waals surface area contributed by atoms with E-state index in [1.165, 1.54) is 0 Å². The largest absolute Gasteiger partial charge is 0.325 e. The molecule has 0 amide bonds. The molecule has 3 N–H and O–H groups in total. The molecule has 0 unspecified atom stereocenters. The lowest BCUT2D eigenvalue weighted by Gasteiger charge is -1.89. The lowest BCUT2D eigenvalue weighted by atomic mass is 10.5. The number of hydrogen-bond acceptors (Lipinski definition) is 3. The Labute approximate surface area is 71.9 Å². The average Bonchev–Trinajstić information content (AvgIpc) is 2.29. The molecule has 0 aliphatic rings. The second-order valence-corrected chi connectivity index (χ2v) is 2.86. The maximum absolute atomic E-state index is 11.2. The summed E-state index contributed by atoms with van der Waals surface area (Å²) in [6.45, 7) is 1.71. The van der Waals surface area contributed by atoms with Crippen molar-refractivity contribution in [1.82, 2.24) is 19.9 Å². The summed E-state index contributed by atoms with van der Waals surface area (Å²) in [5.41, 5.74) is 0.691. The van der Waals surface area contributed by atoms with Crippen LogP contribution in [0.5, 0.6) is 0 Å². The number of nitrogens with one attached hydrogen (secondary N) is 3. The molecule has 6 heteroatoms. The second-order valence-electron chi connectivity index (χ2n) is 2.45. The number of aromatic nitrogens is 4. The van der Waals surface area contributed by atoms with Gasteiger partial charge in [0.15, 0.2) is 10.4 Å². The summed E-state index contributed by atoms with van der Waals surface area (Å²) in [4.78, 5) is 23.3. The third-order valence-electron chi connectivity index (χ3n) is 1.51. The number of rotatable bonds is 0. The van der Waals surface area contributed by atoms with E-state index >= 15 is 0 Å². The molecule has 5 nitrogen and oxygen atoms in total. The van der Waals surface area contributed by atoms with Crippen LogP contribution in [0.15, 0.2) is 4.79 Å². The SMILES string of the molecule is Cc1nc2[nH]c(=S)[nH]c2c(=O)[nH]1. The van der Waals surface area contributed by atoms with Crippen molar-refractivity contribution in [2.24, 2.45) is 0 Å². The first kappa shape index (κ1) is 7.23. The predicted octanol–water partition coefficient (Wildman–Crippen LogP) is 0.617. The molecular weight excluding hydrogens is 176 g/mol. The highest BCUT2D eigenvalue weighted by Gasteiger charge is 2.01. The van der Waals surface area contributed by atoms with Crippen LogP contribution in [0.2, 0.25) is 0 Å². The Kier molecular flexibility index (Phi) is 1.37. The number of aryl methyl sites for hydroxylation is 1. The van der Waals surface area contributed by atoms with E-state index in [2.05, 4.69) is 19.9 Å². The van der Waals surface area contributed by atoms with E-state index < -0.39 is 0 Å². The highest BCUT2D eigenvalue weighted by Crippen LogP contribution is 1.99. The normalized spacial score (nSPS) is 10.8. The summed E-state index contributed by atoms with van der Waals surface area (Å²) >= 11 is 4.81. The number of fused-ring (bicyclic) bond motifs is 1. The van der Waals surface area contributed by atoms with Gasteiger partial charge in [-0.25, -0.2) is 4.98 Å². The first-order valence-corrected chi connectivity index (χ1v) is 3.76. The van der Waals surface area contributed by atoms with Gasteiger partial charge in [0.05, 0.1) is 0 Å². The van der Waals surface area contributed by atoms with Crippen LogP contribution < -0.4 is 5.56 Å².